The Labute approximate surface area is 121 Å². The average molecular weight is 353 g/mol. The van der Waals surface area contributed by atoms with Gasteiger partial charge in [-0.15, -0.1) is 0 Å². The molecule has 0 heterocycles. The first-order valence-electron chi connectivity index (χ1n) is 5.88. The van der Waals surface area contributed by atoms with Crippen molar-refractivity contribution in [3.8, 4) is 5.75 Å². The van der Waals surface area contributed by atoms with Crippen LogP contribution in [0, 0.1) is 10.5 Å². The molecule has 3 heteroatoms. The molecule has 0 aliphatic carbocycles. The Kier molecular flexibility index (Phi) is 4.11. The topological polar surface area (TPSA) is 32.3 Å². The first kappa shape index (κ1) is 13.2. The Morgan fingerprint density at radius 2 is 1.89 bits per heavy atom. The van der Waals surface area contributed by atoms with E-state index in [0.717, 1.165) is 11.3 Å². The van der Waals surface area contributed by atoms with Crippen LogP contribution in [0.25, 0.3) is 0 Å². The highest BCUT2D eigenvalue weighted by Crippen LogP contribution is 2.28. The first-order valence-corrected chi connectivity index (χ1v) is 6.96. The number of phenolic OH excluding ortho intramolecular Hbond substituents is 1. The molecule has 0 saturated carbocycles. The highest BCUT2D eigenvalue weighted by atomic mass is 127. The Morgan fingerprint density at radius 1 is 1.17 bits per heavy atom. The van der Waals surface area contributed by atoms with E-state index in [9.17, 15) is 5.11 Å². The van der Waals surface area contributed by atoms with Gasteiger partial charge in [-0.2, -0.15) is 0 Å². The number of anilines is 1. The van der Waals surface area contributed by atoms with Crippen LogP contribution in [0.15, 0.2) is 42.5 Å². The summed E-state index contributed by atoms with van der Waals surface area (Å²) in [5.74, 6) is 0.334. The molecule has 18 heavy (non-hydrogen) atoms. The van der Waals surface area contributed by atoms with Crippen LogP contribution in [0.2, 0.25) is 0 Å². The summed E-state index contributed by atoms with van der Waals surface area (Å²) >= 11 is 2.30. The average Bonchev–Trinajstić information content (AvgIpc) is 2.33. The van der Waals surface area contributed by atoms with E-state index in [-0.39, 0.29) is 6.04 Å². The van der Waals surface area contributed by atoms with Crippen molar-refractivity contribution in [2.24, 2.45) is 0 Å². The molecule has 0 saturated heterocycles. The van der Waals surface area contributed by atoms with Crippen molar-refractivity contribution in [1.29, 1.82) is 0 Å². The second-order valence-electron chi connectivity index (χ2n) is 4.38. The van der Waals surface area contributed by atoms with E-state index < -0.39 is 0 Å². The number of halogens is 1. The van der Waals surface area contributed by atoms with Crippen molar-refractivity contribution < 1.29 is 5.11 Å². The largest absolute Gasteiger partial charge is 0.508 e. The molecule has 0 bridgehead atoms. The Morgan fingerprint density at radius 3 is 2.56 bits per heavy atom. The van der Waals surface area contributed by atoms with Gasteiger partial charge in [-0.1, -0.05) is 18.2 Å². The number of aryl methyl sites for hydroxylation is 1. The minimum Gasteiger partial charge on any atom is -0.508 e. The van der Waals surface area contributed by atoms with Crippen LogP contribution in [0.5, 0.6) is 5.75 Å². The summed E-state index contributed by atoms with van der Waals surface area (Å²) in [6, 6.07) is 13.8. The van der Waals surface area contributed by atoms with Crippen LogP contribution in [-0.2, 0) is 0 Å². The minimum absolute atomic E-state index is 0.0740. The van der Waals surface area contributed by atoms with Crippen LogP contribution < -0.4 is 5.32 Å². The number of benzene rings is 2. The summed E-state index contributed by atoms with van der Waals surface area (Å²) in [6.07, 6.45) is 0. The Balaban J connectivity index is 2.21. The van der Waals surface area contributed by atoms with E-state index in [1.54, 1.807) is 6.07 Å². The molecule has 0 radical (unpaired) electrons. The fourth-order valence-corrected chi connectivity index (χ4v) is 2.60. The lowest BCUT2D eigenvalue weighted by Gasteiger charge is -2.18. The third kappa shape index (κ3) is 2.96. The summed E-state index contributed by atoms with van der Waals surface area (Å²) < 4.78 is 1.23. The van der Waals surface area contributed by atoms with Crippen molar-refractivity contribution in [3.63, 3.8) is 0 Å². The van der Waals surface area contributed by atoms with E-state index >= 15 is 0 Å². The van der Waals surface area contributed by atoms with Crippen molar-refractivity contribution >= 4 is 28.3 Å². The summed E-state index contributed by atoms with van der Waals surface area (Å²) in [4.78, 5) is 0. The van der Waals surface area contributed by atoms with Crippen LogP contribution >= 0.6 is 22.6 Å². The molecule has 0 aliphatic rings. The van der Waals surface area contributed by atoms with Crippen LogP contribution in [0.1, 0.15) is 24.1 Å². The van der Waals surface area contributed by atoms with Gasteiger partial charge in [0.05, 0.1) is 6.04 Å². The molecule has 2 aromatic rings. The number of aromatic hydroxyl groups is 1. The van der Waals surface area contributed by atoms with Crippen LogP contribution in [0.3, 0.4) is 0 Å². The predicted octanol–water partition coefficient (Wildman–Crippen LogP) is 4.48. The molecule has 2 nitrogen and oxygen atoms in total. The normalized spacial score (nSPS) is 12.2. The standard InChI is InChI=1S/C15H16INO/c1-10-9-12(16)7-8-14(10)17-11(2)13-5-3-4-6-15(13)18/h3-9,11,17-18H,1-2H3. The molecule has 1 atom stereocenters. The molecule has 1 unspecified atom stereocenters. The van der Waals surface area contributed by atoms with Crippen molar-refractivity contribution in [2.75, 3.05) is 5.32 Å². The lowest BCUT2D eigenvalue weighted by atomic mass is 10.1. The Hall–Kier alpha value is -1.23. The van der Waals surface area contributed by atoms with Gasteiger partial charge in [-0.3, -0.25) is 0 Å². The van der Waals surface area contributed by atoms with Crippen molar-refractivity contribution in [2.45, 2.75) is 19.9 Å². The molecule has 0 fully saturated rings. The van der Waals surface area contributed by atoms with Gasteiger partial charge < -0.3 is 10.4 Å². The summed E-state index contributed by atoms with van der Waals surface area (Å²) in [6.45, 7) is 4.13. The molecule has 2 aromatic carbocycles. The van der Waals surface area contributed by atoms with Gasteiger partial charge in [0, 0.05) is 14.8 Å². The zero-order chi connectivity index (χ0) is 13.1. The highest BCUT2D eigenvalue weighted by molar-refractivity contribution is 14.1. The SMILES string of the molecule is Cc1cc(I)ccc1NC(C)c1ccccc1O. The number of hydrogen-bond donors (Lipinski definition) is 2. The molecular formula is C15H16INO. The number of phenols is 1. The Bertz CT molecular complexity index is 554. The molecule has 0 aromatic heterocycles. The van der Waals surface area contributed by atoms with Gasteiger partial charge in [-0.05, 0) is 66.3 Å². The zero-order valence-corrected chi connectivity index (χ0v) is 12.6. The van der Waals surface area contributed by atoms with Gasteiger partial charge in [0.1, 0.15) is 5.75 Å². The number of hydrogen-bond acceptors (Lipinski definition) is 2. The van der Waals surface area contributed by atoms with E-state index in [4.69, 9.17) is 0 Å². The van der Waals surface area contributed by atoms with E-state index in [1.165, 1.54) is 9.13 Å². The molecular weight excluding hydrogens is 337 g/mol. The second kappa shape index (κ2) is 5.61. The highest BCUT2D eigenvalue weighted by Gasteiger charge is 2.10. The number of rotatable bonds is 3. The first-order chi connectivity index (χ1) is 8.58. The molecule has 0 amide bonds. The third-order valence-corrected chi connectivity index (χ3v) is 3.63. The number of nitrogens with one attached hydrogen (secondary N) is 1. The van der Waals surface area contributed by atoms with Gasteiger partial charge in [0.15, 0.2) is 0 Å². The number of para-hydroxylation sites is 1. The fraction of sp³-hybridized carbons (Fsp3) is 0.200. The van der Waals surface area contributed by atoms with Gasteiger partial charge in [0.2, 0.25) is 0 Å². The maximum atomic E-state index is 9.83. The smallest absolute Gasteiger partial charge is 0.120 e. The fourth-order valence-electron chi connectivity index (χ4n) is 1.95. The van der Waals surface area contributed by atoms with Gasteiger partial charge in [0.25, 0.3) is 0 Å². The zero-order valence-electron chi connectivity index (χ0n) is 10.4. The predicted molar refractivity (Wildman–Crippen MR) is 84.0 cm³/mol. The second-order valence-corrected chi connectivity index (χ2v) is 5.63. The van der Waals surface area contributed by atoms with Gasteiger partial charge in [-0.25, -0.2) is 0 Å². The molecule has 0 aliphatic heterocycles. The maximum absolute atomic E-state index is 9.83. The van der Waals surface area contributed by atoms with E-state index in [0.29, 0.717) is 5.75 Å². The maximum Gasteiger partial charge on any atom is 0.120 e. The van der Waals surface area contributed by atoms with Crippen molar-refractivity contribution in [1.82, 2.24) is 0 Å². The third-order valence-electron chi connectivity index (χ3n) is 2.96. The minimum atomic E-state index is 0.0740. The van der Waals surface area contributed by atoms with E-state index in [1.807, 2.05) is 25.1 Å². The van der Waals surface area contributed by atoms with Crippen LogP contribution in [0.4, 0.5) is 5.69 Å². The lowest BCUT2D eigenvalue weighted by molar-refractivity contribution is 0.465. The molecule has 0 spiro atoms. The summed E-state index contributed by atoms with van der Waals surface area (Å²) in [5, 5.41) is 13.3. The van der Waals surface area contributed by atoms with Crippen LogP contribution in [-0.4, -0.2) is 5.11 Å². The van der Waals surface area contributed by atoms with Crippen molar-refractivity contribution in [3.05, 3.63) is 57.2 Å². The molecule has 2 rings (SSSR count). The van der Waals surface area contributed by atoms with Gasteiger partial charge >= 0.3 is 0 Å². The van der Waals surface area contributed by atoms with E-state index in [2.05, 4.69) is 53.0 Å². The monoisotopic (exact) mass is 353 g/mol. The molecule has 94 valence electrons. The summed E-state index contributed by atoms with van der Waals surface area (Å²) in [5.41, 5.74) is 3.23. The lowest BCUT2D eigenvalue weighted by Crippen LogP contribution is -2.07. The summed E-state index contributed by atoms with van der Waals surface area (Å²) in [7, 11) is 0. The quantitative estimate of drug-likeness (QED) is 0.798. The molecule has 2 N–H and O–H groups in total.